The summed E-state index contributed by atoms with van der Waals surface area (Å²) in [5.74, 6) is -1.39. The number of nitrogens with zero attached hydrogens (tertiary/aromatic N) is 4. The first-order chi connectivity index (χ1) is 8.88. The monoisotopic (exact) mass is 290 g/mol. The molecule has 0 saturated carbocycles. The molecule has 0 aliphatic heterocycles. The number of benzene rings is 1. The van der Waals surface area contributed by atoms with Gasteiger partial charge >= 0.3 is 6.18 Å². The van der Waals surface area contributed by atoms with E-state index in [0.29, 0.717) is 6.07 Å². The van der Waals surface area contributed by atoms with Crippen LogP contribution in [0.5, 0.6) is 0 Å². The number of aromatic nitrogens is 4. The van der Waals surface area contributed by atoms with Crippen molar-refractivity contribution in [2.24, 2.45) is 0 Å². The lowest BCUT2D eigenvalue weighted by Crippen LogP contribution is -2.09. The molecule has 2 aromatic heterocycles. The van der Waals surface area contributed by atoms with E-state index in [-0.39, 0.29) is 21.8 Å². The van der Waals surface area contributed by atoms with Crippen LogP contribution in [0.25, 0.3) is 16.7 Å². The Morgan fingerprint density at radius 3 is 2.63 bits per heavy atom. The molecular formula is C10H3ClF4N4. The van der Waals surface area contributed by atoms with E-state index >= 15 is 0 Å². The molecule has 0 radical (unpaired) electrons. The highest BCUT2D eigenvalue weighted by molar-refractivity contribution is 6.32. The summed E-state index contributed by atoms with van der Waals surface area (Å²) in [4.78, 5) is 3.77. The molecule has 0 amide bonds. The Labute approximate surface area is 107 Å². The van der Waals surface area contributed by atoms with Gasteiger partial charge in [-0.25, -0.2) is 9.37 Å². The van der Waals surface area contributed by atoms with Gasteiger partial charge in [0.1, 0.15) is 12.1 Å². The van der Waals surface area contributed by atoms with Crippen molar-refractivity contribution in [2.75, 3.05) is 0 Å². The van der Waals surface area contributed by atoms with E-state index in [2.05, 4.69) is 15.2 Å². The Morgan fingerprint density at radius 1 is 1.21 bits per heavy atom. The molecular weight excluding hydrogens is 288 g/mol. The third kappa shape index (κ3) is 1.79. The first-order valence-electron chi connectivity index (χ1n) is 4.93. The van der Waals surface area contributed by atoms with Gasteiger partial charge in [0.2, 0.25) is 0 Å². The number of rotatable bonds is 0. The number of hydrogen-bond donors (Lipinski definition) is 0. The average molecular weight is 291 g/mol. The summed E-state index contributed by atoms with van der Waals surface area (Å²) in [6, 6.07) is 1.34. The molecule has 19 heavy (non-hydrogen) atoms. The normalized spacial score (nSPS) is 12.5. The van der Waals surface area contributed by atoms with Crippen LogP contribution in [0.15, 0.2) is 18.5 Å². The van der Waals surface area contributed by atoms with Crippen molar-refractivity contribution in [3.63, 3.8) is 0 Å². The van der Waals surface area contributed by atoms with Gasteiger partial charge < -0.3 is 0 Å². The highest BCUT2D eigenvalue weighted by Gasteiger charge is 2.34. The van der Waals surface area contributed by atoms with E-state index in [9.17, 15) is 17.6 Å². The molecule has 1 aromatic carbocycles. The lowest BCUT2D eigenvalue weighted by atomic mass is 10.1. The van der Waals surface area contributed by atoms with Crippen LogP contribution in [0.1, 0.15) is 5.56 Å². The molecule has 3 aromatic rings. The summed E-state index contributed by atoms with van der Waals surface area (Å²) >= 11 is 5.77. The Balaban J connectivity index is 2.45. The first kappa shape index (κ1) is 12.1. The fourth-order valence-corrected chi connectivity index (χ4v) is 1.98. The zero-order valence-electron chi connectivity index (χ0n) is 8.91. The highest BCUT2D eigenvalue weighted by atomic mass is 35.5. The zero-order valence-corrected chi connectivity index (χ0v) is 9.67. The third-order valence-electron chi connectivity index (χ3n) is 2.58. The fraction of sp³-hybridized carbons (Fsp3) is 0.100. The molecule has 9 heteroatoms. The van der Waals surface area contributed by atoms with E-state index in [4.69, 9.17) is 11.6 Å². The second-order valence-corrected chi connectivity index (χ2v) is 4.10. The molecule has 4 nitrogen and oxygen atoms in total. The minimum Gasteiger partial charge on any atom is -0.277 e. The van der Waals surface area contributed by atoms with Gasteiger partial charge in [0.25, 0.3) is 0 Å². The Morgan fingerprint density at radius 2 is 1.95 bits per heavy atom. The van der Waals surface area contributed by atoms with Gasteiger partial charge in [-0.2, -0.15) is 13.2 Å². The largest absolute Gasteiger partial charge is 0.419 e. The van der Waals surface area contributed by atoms with Crippen molar-refractivity contribution in [1.29, 1.82) is 0 Å². The standard InChI is InChI=1S/C10H3ClF4N4/c11-8-9-18-16-3-19(9)7-2-5(12)4(10(13,14)15)1-6(7)17-8/h1-3H. The summed E-state index contributed by atoms with van der Waals surface area (Å²) in [6.45, 7) is 0. The van der Waals surface area contributed by atoms with Crippen molar-refractivity contribution in [3.8, 4) is 0 Å². The van der Waals surface area contributed by atoms with E-state index in [1.807, 2.05) is 0 Å². The van der Waals surface area contributed by atoms with Crippen LogP contribution in [0.3, 0.4) is 0 Å². The summed E-state index contributed by atoms with van der Waals surface area (Å²) in [5, 5.41) is 7.09. The topological polar surface area (TPSA) is 43.1 Å². The predicted octanol–water partition coefficient (Wildman–Crippen LogP) is 3.09. The van der Waals surface area contributed by atoms with Crippen LogP contribution in [-0.2, 0) is 6.18 Å². The maximum absolute atomic E-state index is 13.5. The Hall–Kier alpha value is -1.96. The van der Waals surface area contributed by atoms with Crippen LogP contribution in [0.4, 0.5) is 17.6 Å². The van der Waals surface area contributed by atoms with Crippen molar-refractivity contribution < 1.29 is 17.6 Å². The summed E-state index contributed by atoms with van der Waals surface area (Å²) in [5.41, 5.74) is -1.23. The van der Waals surface area contributed by atoms with Gasteiger partial charge in [-0.3, -0.25) is 4.40 Å². The fourth-order valence-electron chi connectivity index (χ4n) is 1.76. The lowest BCUT2D eigenvalue weighted by molar-refractivity contribution is -0.139. The van der Waals surface area contributed by atoms with Gasteiger partial charge in [-0.1, -0.05) is 11.6 Å². The molecule has 3 rings (SSSR count). The van der Waals surface area contributed by atoms with Crippen LogP contribution in [0, 0.1) is 5.82 Å². The number of fused-ring (bicyclic) bond motifs is 3. The summed E-state index contributed by atoms with van der Waals surface area (Å²) < 4.78 is 52.6. The molecule has 0 saturated heterocycles. The summed E-state index contributed by atoms with van der Waals surface area (Å²) in [7, 11) is 0. The van der Waals surface area contributed by atoms with Crippen molar-refractivity contribution in [3.05, 3.63) is 35.0 Å². The van der Waals surface area contributed by atoms with Gasteiger partial charge in [-0.05, 0) is 6.07 Å². The minimum absolute atomic E-state index is 0.0916. The van der Waals surface area contributed by atoms with Gasteiger partial charge in [0.15, 0.2) is 10.8 Å². The van der Waals surface area contributed by atoms with E-state index in [1.165, 1.54) is 10.7 Å². The molecule has 0 aliphatic carbocycles. The highest BCUT2D eigenvalue weighted by Crippen LogP contribution is 2.34. The molecule has 0 N–H and O–H groups in total. The SMILES string of the molecule is Fc1cc2c(cc1C(F)(F)F)nc(Cl)c1nncn12. The molecule has 0 bridgehead atoms. The second kappa shape index (κ2) is 3.77. The predicted molar refractivity (Wildman–Crippen MR) is 58.3 cm³/mol. The number of alkyl halides is 3. The maximum atomic E-state index is 13.5. The average Bonchev–Trinajstić information content (AvgIpc) is 2.78. The maximum Gasteiger partial charge on any atom is 0.419 e. The van der Waals surface area contributed by atoms with Crippen molar-refractivity contribution in [2.45, 2.75) is 6.18 Å². The Kier molecular flexibility index (Phi) is 2.40. The molecule has 98 valence electrons. The lowest BCUT2D eigenvalue weighted by Gasteiger charge is -2.10. The smallest absolute Gasteiger partial charge is 0.277 e. The van der Waals surface area contributed by atoms with Crippen LogP contribution in [-0.4, -0.2) is 19.6 Å². The molecule has 2 heterocycles. The molecule has 0 spiro atoms. The van der Waals surface area contributed by atoms with Crippen molar-refractivity contribution in [1.82, 2.24) is 19.6 Å². The molecule has 0 fully saturated rings. The van der Waals surface area contributed by atoms with Crippen LogP contribution < -0.4 is 0 Å². The summed E-state index contributed by atoms with van der Waals surface area (Å²) in [6.07, 6.45) is -3.58. The van der Waals surface area contributed by atoms with Gasteiger partial charge in [0.05, 0.1) is 16.6 Å². The second-order valence-electron chi connectivity index (χ2n) is 3.75. The van der Waals surface area contributed by atoms with Gasteiger partial charge in [-0.15, -0.1) is 10.2 Å². The minimum atomic E-state index is -4.80. The third-order valence-corrected chi connectivity index (χ3v) is 2.83. The molecule has 0 atom stereocenters. The van der Waals surface area contributed by atoms with Gasteiger partial charge in [0, 0.05) is 6.07 Å². The quantitative estimate of drug-likeness (QED) is 0.598. The number of halogens is 5. The van der Waals surface area contributed by atoms with Crippen LogP contribution >= 0.6 is 11.6 Å². The van der Waals surface area contributed by atoms with E-state index < -0.39 is 17.6 Å². The molecule has 0 aliphatic rings. The molecule has 0 unspecified atom stereocenters. The van der Waals surface area contributed by atoms with Crippen LogP contribution in [0.2, 0.25) is 5.15 Å². The first-order valence-corrected chi connectivity index (χ1v) is 5.31. The Bertz CT molecular complexity index is 795. The van der Waals surface area contributed by atoms with Crippen molar-refractivity contribution >= 4 is 28.3 Å². The van der Waals surface area contributed by atoms with E-state index in [0.717, 1.165) is 6.07 Å². The number of hydrogen-bond acceptors (Lipinski definition) is 3. The van der Waals surface area contributed by atoms with E-state index in [1.54, 1.807) is 0 Å². The zero-order chi connectivity index (χ0) is 13.8.